The zero-order chi connectivity index (χ0) is 22.0. The molecule has 7 nitrogen and oxygen atoms in total. The highest BCUT2D eigenvalue weighted by molar-refractivity contribution is 6.00. The van der Waals surface area contributed by atoms with Crippen molar-refractivity contribution in [1.82, 2.24) is 19.6 Å². The van der Waals surface area contributed by atoms with Crippen LogP contribution in [0.15, 0.2) is 66.2 Å². The van der Waals surface area contributed by atoms with Gasteiger partial charge in [-0.1, -0.05) is 35.0 Å². The molecule has 0 amide bonds. The Kier molecular flexibility index (Phi) is 5.48. The molecule has 156 valence electrons. The molecule has 0 N–H and O–H groups in total. The summed E-state index contributed by atoms with van der Waals surface area (Å²) >= 11 is 0. The van der Waals surface area contributed by atoms with Crippen molar-refractivity contribution in [1.29, 1.82) is 0 Å². The third-order valence-corrected chi connectivity index (χ3v) is 4.65. The fourth-order valence-electron chi connectivity index (χ4n) is 2.96. The van der Waals surface area contributed by atoms with Crippen LogP contribution >= 0.6 is 0 Å². The summed E-state index contributed by atoms with van der Waals surface area (Å²) in [5.74, 6) is -0.850. The van der Waals surface area contributed by atoms with E-state index in [-0.39, 0.29) is 16.9 Å². The zero-order valence-corrected chi connectivity index (χ0v) is 16.7. The largest absolute Gasteiger partial charge is 0.371 e. The molecule has 0 aliphatic carbocycles. The van der Waals surface area contributed by atoms with Crippen LogP contribution in [0.25, 0.3) is 16.9 Å². The van der Waals surface area contributed by atoms with Crippen molar-refractivity contribution in [2.45, 2.75) is 20.3 Å². The SMILES string of the molecule is C/C(=N/OC(=O)c1cnn2c(C(F)F)cc(-c3ccc(C)cc3)nc12)c1ccncc1. The number of hydrogen-bond acceptors (Lipinski definition) is 6. The third-order valence-electron chi connectivity index (χ3n) is 4.65. The van der Waals surface area contributed by atoms with Crippen LogP contribution in [0.4, 0.5) is 8.78 Å². The van der Waals surface area contributed by atoms with Crippen molar-refractivity contribution in [2.24, 2.45) is 5.16 Å². The molecule has 31 heavy (non-hydrogen) atoms. The summed E-state index contributed by atoms with van der Waals surface area (Å²) < 4.78 is 28.3. The quantitative estimate of drug-likeness (QED) is 0.267. The Morgan fingerprint density at radius 2 is 1.84 bits per heavy atom. The number of halogens is 2. The first-order valence-electron chi connectivity index (χ1n) is 9.34. The zero-order valence-electron chi connectivity index (χ0n) is 16.7. The van der Waals surface area contributed by atoms with E-state index >= 15 is 0 Å². The van der Waals surface area contributed by atoms with Crippen LogP contribution in [0.5, 0.6) is 0 Å². The number of aromatic nitrogens is 4. The summed E-state index contributed by atoms with van der Waals surface area (Å²) in [6.07, 6.45) is 1.51. The summed E-state index contributed by atoms with van der Waals surface area (Å²) in [4.78, 5) is 25.9. The minimum Gasteiger partial charge on any atom is -0.312 e. The van der Waals surface area contributed by atoms with Crippen molar-refractivity contribution in [3.8, 4) is 11.3 Å². The molecule has 9 heteroatoms. The second kappa shape index (κ2) is 8.39. The minimum atomic E-state index is -2.81. The van der Waals surface area contributed by atoms with Gasteiger partial charge in [0, 0.05) is 23.5 Å². The van der Waals surface area contributed by atoms with Gasteiger partial charge in [0.2, 0.25) is 0 Å². The van der Waals surface area contributed by atoms with E-state index in [1.807, 2.05) is 19.1 Å². The highest BCUT2D eigenvalue weighted by atomic mass is 19.3. The fourth-order valence-corrected chi connectivity index (χ4v) is 2.96. The molecular formula is C22H17F2N5O2. The van der Waals surface area contributed by atoms with Gasteiger partial charge < -0.3 is 4.84 Å². The summed E-state index contributed by atoms with van der Waals surface area (Å²) in [6.45, 7) is 3.59. The van der Waals surface area contributed by atoms with Crippen LogP contribution in [0, 0.1) is 6.92 Å². The first-order valence-corrected chi connectivity index (χ1v) is 9.34. The average Bonchev–Trinajstić information content (AvgIpc) is 3.21. The van der Waals surface area contributed by atoms with Gasteiger partial charge in [0.25, 0.3) is 6.43 Å². The molecule has 4 rings (SSSR count). The number of rotatable bonds is 5. The predicted molar refractivity (Wildman–Crippen MR) is 110 cm³/mol. The molecule has 0 aliphatic heterocycles. The molecule has 0 saturated heterocycles. The molecule has 1 aromatic carbocycles. The van der Waals surface area contributed by atoms with Gasteiger partial charge >= 0.3 is 5.97 Å². The molecule has 0 atom stereocenters. The Balaban J connectivity index is 1.73. The monoisotopic (exact) mass is 421 g/mol. The number of pyridine rings is 1. The number of hydrogen-bond donors (Lipinski definition) is 0. The van der Waals surface area contributed by atoms with E-state index in [1.54, 1.807) is 43.6 Å². The minimum absolute atomic E-state index is 0.0323. The Labute approximate surface area is 176 Å². The molecule has 3 heterocycles. The Bertz CT molecular complexity index is 1270. The molecule has 4 aromatic rings. The van der Waals surface area contributed by atoms with Crippen molar-refractivity contribution in [3.63, 3.8) is 0 Å². The molecular weight excluding hydrogens is 404 g/mol. The van der Waals surface area contributed by atoms with Crippen LogP contribution in [0.2, 0.25) is 0 Å². The van der Waals surface area contributed by atoms with E-state index in [1.165, 1.54) is 6.07 Å². The van der Waals surface area contributed by atoms with E-state index in [4.69, 9.17) is 4.84 Å². The van der Waals surface area contributed by atoms with Crippen molar-refractivity contribution in [2.75, 3.05) is 0 Å². The summed E-state index contributed by atoms with van der Waals surface area (Å²) in [5, 5.41) is 7.74. The van der Waals surface area contributed by atoms with Crippen LogP contribution in [0.1, 0.15) is 40.5 Å². The smallest absolute Gasteiger partial charge is 0.312 e. The van der Waals surface area contributed by atoms with Crippen molar-refractivity contribution >= 4 is 17.3 Å². The Morgan fingerprint density at radius 1 is 1.13 bits per heavy atom. The number of carbonyl (C=O) groups excluding carboxylic acids is 1. The lowest BCUT2D eigenvalue weighted by Crippen LogP contribution is -2.07. The lowest BCUT2D eigenvalue weighted by molar-refractivity contribution is 0.0518. The predicted octanol–water partition coefficient (Wildman–Crippen LogP) is 4.62. The molecule has 0 fully saturated rings. The number of nitrogens with zero attached hydrogens (tertiary/aromatic N) is 5. The van der Waals surface area contributed by atoms with E-state index < -0.39 is 12.4 Å². The highest BCUT2D eigenvalue weighted by Gasteiger charge is 2.22. The first-order chi connectivity index (χ1) is 14.9. The van der Waals surface area contributed by atoms with Gasteiger partial charge in [0.15, 0.2) is 5.65 Å². The number of aryl methyl sites for hydroxylation is 1. The van der Waals surface area contributed by atoms with E-state index in [2.05, 4.69) is 20.2 Å². The molecule has 0 saturated carbocycles. The van der Waals surface area contributed by atoms with Crippen molar-refractivity contribution < 1.29 is 18.4 Å². The second-order valence-corrected chi connectivity index (χ2v) is 6.82. The molecule has 0 bridgehead atoms. The summed E-state index contributed by atoms with van der Waals surface area (Å²) in [5.41, 5.74) is 2.66. The molecule has 3 aromatic heterocycles. The number of benzene rings is 1. The normalized spacial score (nSPS) is 11.8. The topological polar surface area (TPSA) is 81.7 Å². The molecule has 0 unspecified atom stereocenters. The van der Waals surface area contributed by atoms with Gasteiger partial charge in [0.05, 0.1) is 17.6 Å². The van der Waals surface area contributed by atoms with E-state index in [0.29, 0.717) is 17.0 Å². The van der Waals surface area contributed by atoms with Gasteiger partial charge in [0.1, 0.15) is 11.3 Å². The number of oxime groups is 1. The molecule has 0 aliphatic rings. The number of fused-ring (bicyclic) bond motifs is 1. The van der Waals surface area contributed by atoms with Gasteiger partial charge in [-0.3, -0.25) is 4.98 Å². The highest BCUT2D eigenvalue weighted by Crippen LogP contribution is 2.27. The van der Waals surface area contributed by atoms with Gasteiger partial charge in [-0.25, -0.2) is 23.1 Å². The van der Waals surface area contributed by atoms with Crippen LogP contribution < -0.4 is 0 Å². The standard InChI is InChI=1S/C22H17F2N5O2/c1-13-3-5-16(6-4-13)18-11-19(20(23)24)29-21(27-18)17(12-26-29)22(30)31-28-14(2)15-7-9-25-10-8-15/h3-12,20H,1-2H3/b28-14-. The Hall–Kier alpha value is -4.01. The second-order valence-electron chi connectivity index (χ2n) is 6.82. The maximum atomic E-state index is 13.7. The maximum absolute atomic E-state index is 13.7. The fraction of sp³-hybridized carbons (Fsp3) is 0.136. The number of carbonyl (C=O) groups is 1. The lowest BCUT2D eigenvalue weighted by Gasteiger charge is -2.08. The first kappa shape index (κ1) is 20.3. The summed E-state index contributed by atoms with van der Waals surface area (Å²) in [6, 6.07) is 12.0. The van der Waals surface area contributed by atoms with Crippen LogP contribution in [-0.4, -0.2) is 31.3 Å². The molecule has 0 radical (unpaired) electrons. The van der Waals surface area contributed by atoms with E-state index in [0.717, 1.165) is 21.8 Å². The molecule has 0 spiro atoms. The third kappa shape index (κ3) is 4.16. The van der Waals surface area contributed by atoms with Crippen LogP contribution in [-0.2, 0) is 4.84 Å². The Morgan fingerprint density at radius 3 is 2.52 bits per heavy atom. The van der Waals surface area contributed by atoms with Gasteiger partial charge in [-0.05, 0) is 32.0 Å². The maximum Gasteiger partial charge on any atom is 0.371 e. The summed E-state index contributed by atoms with van der Waals surface area (Å²) in [7, 11) is 0. The average molecular weight is 421 g/mol. The number of alkyl halides is 2. The lowest BCUT2D eigenvalue weighted by atomic mass is 10.1. The van der Waals surface area contributed by atoms with Gasteiger partial charge in [-0.15, -0.1) is 0 Å². The van der Waals surface area contributed by atoms with Crippen LogP contribution in [0.3, 0.4) is 0 Å². The van der Waals surface area contributed by atoms with Gasteiger partial charge in [-0.2, -0.15) is 5.10 Å². The van der Waals surface area contributed by atoms with Crippen molar-refractivity contribution in [3.05, 3.63) is 83.4 Å². The van der Waals surface area contributed by atoms with E-state index in [9.17, 15) is 13.6 Å².